The van der Waals surface area contributed by atoms with Gasteiger partial charge in [-0.15, -0.1) is 0 Å². The average Bonchev–Trinajstić information content (AvgIpc) is 2.74. The quantitative estimate of drug-likeness (QED) is 0.825. The Bertz CT molecular complexity index is 305. The molecule has 1 aromatic carbocycles. The predicted molar refractivity (Wildman–Crippen MR) is 57.2 cm³/mol. The van der Waals surface area contributed by atoms with E-state index in [1.807, 2.05) is 6.07 Å². The highest BCUT2D eigenvalue weighted by Gasteiger charge is 2.15. The van der Waals surface area contributed by atoms with Crippen molar-refractivity contribution in [1.29, 1.82) is 0 Å². The van der Waals surface area contributed by atoms with E-state index in [-0.39, 0.29) is 5.75 Å². The minimum Gasteiger partial charge on any atom is -0.504 e. The third kappa shape index (κ3) is 2.86. The van der Waals surface area contributed by atoms with Crippen LogP contribution in [-0.4, -0.2) is 24.4 Å². The van der Waals surface area contributed by atoms with Gasteiger partial charge in [0.2, 0.25) is 0 Å². The lowest BCUT2D eigenvalue weighted by atomic mass is 10.2. The van der Waals surface area contributed by atoms with Gasteiger partial charge >= 0.3 is 0 Å². The molecular formula is C12H16O3. The van der Waals surface area contributed by atoms with Crippen LogP contribution in [0.5, 0.6) is 11.5 Å². The van der Waals surface area contributed by atoms with Gasteiger partial charge in [0.15, 0.2) is 11.5 Å². The average molecular weight is 208 g/mol. The maximum absolute atomic E-state index is 9.45. The highest BCUT2D eigenvalue weighted by Crippen LogP contribution is 2.25. The summed E-state index contributed by atoms with van der Waals surface area (Å²) in [6.07, 6.45) is 3.52. The van der Waals surface area contributed by atoms with Crippen LogP contribution < -0.4 is 4.74 Å². The molecule has 0 aromatic heterocycles. The Morgan fingerprint density at radius 1 is 1.40 bits per heavy atom. The molecule has 0 amide bonds. The number of ether oxygens (including phenoxy) is 2. The summed E-state index contributed by atoms with van der Waals surface area (Å²) in [6, 6.07) is 7.02. The van der Waals surface area contributed by atoms with Crippen molar-refractivity contribution < 1.29 is 14.6 Å². The fourth-order valence-corrected chi connectivity index (χ4v) is 1.75. The Morgan fingerprint density at radius 3 is 3.00 bits per heavy atom. The van der Waals surface area contributed by atoms with Crippen molar-refractivity contribution in [2.45, 2.75) is 25.4 Å². The number of benzene rings is 1. The maximum atomic E-state index is 9.45. The number of para-hydroxylation sites is 2. The molecule has 0 radical (unpaired) electrons. The lowest BCUT2D eigenvalue weighted by Gasteiger charge is -2.11. The summed E-state index contributed by atoms with van der Waals surface area (Å²) in [5.41, 5.74) is 0. The van der Waals surface area contributed by atoms with Crippen LogP contribution in [0.2, 0.25) is 0 Å². The second-order valence-electron chi connectivity index (χ2n) is 3.74. The third-order valence-corrected chi connectivity index (χ3v) is 2.59. The molecule has 0 saturated carbocycles. The fraction of sp³-hybridized carbons (Fsp3) is 0.500. The van der Waals surface area contributed by atoms with Crippen LogP contribution in [0.25, 0.3) is 0 Å². The van der Waals surface area contributed by atoms with E-state index in [1.165, 1.54) is 0 Å². The van der Waals surface area contributed by atoms with Gasteiger partial charge in [0.05, 0.1) is 12.7 Å². The zero-order valence-corrected chi connectivity index (χ0v) is 8.69. The van der Waals surface area contributed by atoms with E-state index in [4.69, 9.17) is 9.47 Å². The van der Waals surface area contributed by atoms with E-state index in [0.29, 0.717) is 18.5 Å². The number of hydrogen-bond acceptors (Lipinski definition) is 3. The van der Waals surface area contributed by atoms with Crippen LogP contribution in [0.3, 0.4) is 0 Å². The van der Waals surface area contributed by atoms with Gasteiger partial charge in [-0.1, -0.05) is 12.1 Å². The van der Waals surface area contributed by atoms with Gasteiger partial charge in [-0.25, -0.2) is 0 Å². The van der Waals surface area contributed by atoms with Gasteiger partial charge in [-0.3, -0.25) is 0 Å². The summed E-state index contributed by atoms with van der Waals surface area (Å²) in [4.78, 5) is 0. The monoisotopic (exact) mass is 208 g/mol. The maximum Gasteiger partial charge on any atom is 0.160 e. The van der Waals surface area contributed by atoms with E-state index in [9.17, 15) is 5.11 Å². The largest absolute Gasteiger partial charge is 0.504 e. The summed E-state index contributed by atoms with van der Waals surface area (Å²) in [7, 11) is 0. The van der Waals surface area contributed by atoms with Gasteiger partial charge in [-0.05, 0) is 25.0 Å². The number of rotatable bonds is 4. The second-order valence-corrected chi connectivity index (χ2v) is 3.74. The molecule has 1 unspecified atom stereocenters. The molecule has 1 N–H and O–H groups in total. The zero-order valence-electron chi connectivity index (χ0n) is 8.69. The Kier molecular flexibility index (Phi) is 3.45. The van der Waals surface area contributed by atoms with Crippen LogP contribution in [0.4, 0.5) is 0 Å². The van der Waals surface area contributed by atoms with Crippen molar-refractivity contribution in [2.75, 3.05) is 13.2 Å². The summed E-state index contributed by atoms with van der Waals surface area (Å²) in [6.45, 7) is 1.48. The van der Waals surface area contributed by atoms with E-state index in [0.717, 1.165) is 25.9 Å². The van der Waals surface area contributed by atoms with Crippen LogP contribution in [0.1, 0.15) is 19.3 Å². The van der Waals surface area contributed by atoms with Crippen molar-refractivity contribution in [3.05, 3.63) is 24.3 Å². The molecule has 0 spiro atoms. The summed E-state index contributed by atoms with van der Waals surface area (Å²) < 4.78 is 10.9. The number of aromatic hydroxyl groups is 1. The van der Waals surface area contributed by atoms with Crippen molar-refractivity contribution in [2.24, 2.45) is 0 Å². The molecule has 1 saturated heterocycles. The molecule has 2 rings (SSSR count). The van der Waals surface area contributed by atoms with E-state index in [2.05, 4.69) is 0 Å². The van der Waals surface area contributed by atoms with Crippen LogP contribution >= 0.6 is 0 Å². The van der Waals surface area contributed by atoms with Gasteiger partial charge in [0.25, 0.3) is 0 Å². The smallest absolute Gasteiger partial charge is 0.160 e. The summed E-state index contributed by atoms with van der Waals surface area (Å²) in [5, 5.41) is 9.45. The van der Waals surface area contributed by atoms with Crippen LogP contribution in [0.15, 0.2) is 24.3 Å². The van der Waals surface area contributed by atoms with Gasteiger partial charge in [-0.2, -0.15) is 0 Å². The molecule has 82 valence electrons. The normalized spacial score (nSPS) is 20.4. The molecular weight excluding hydrogens is 192 g/mol. The molecule has 1 heterocycles. The first-order valence-corrected chi connectivity index (χ1v) is 5.38. The number of phenolic OH excluding ortho intramolecular Hbond substituents is 1. The van der Waals surface area contributed by atoms with E-state index < -0.39 is 0 Å². The van der Waals surface area contributed by atoms with E-state index >= 15 is 0 Å². The second kappa shape index (κ2) is 5.03. The lowest BCUT2D eigenvalue weighted by Crippen LogP contribution is -2.10. The minimum atomic E-state index is 0.199. The SMILES string of the molecule is Oc1ccccc1OCCC1CCCO1. The summed E-state index contributed by atoms with van der Waals surface area (Å²) >= 11 is 0. The Balaban J connectivity index is 1.75. The molecule has 1 aromatic rings. The Hall–Kier alpha value is -1.22. The molecule has 15 heavy (non-hydrogen) atoms. The molecule has 3 heteroatoms. The first kappa shape index (κ1) is 10.3. The molecule has 1 fully saturated rings. The number of hydrogen-bond donors (Lipinski definition) is 1. The Morgan fingerprint density at radius 2 is 2.27 bits per heavy atom. The lowest BCUT2D eigenvalue weighted by molar-refractivity contribution is 0.0899. The van der Waals surface area contributed by atoms with Gasteiger partial charge in [0.1, 0.15) is 0 Å². The number of phenols is 1. The standard InChI is InChI=1S/C12H16O3/c13-11-5-1-2-6-12(11)15-9-7-10-4-3-8-14-10/h1-2,5-6,10,13H,3-4,7-9H2. The topological polar surface area (TPSA) is 38.7 Å². The fourth-order valence-electron chi connectivity index (χ4n) is 1.75. The molecule has 0 aliphatic carbocycles. The van der Waals surface area contributed by atoms with Gasteiger partial charge < -0.3 is 14.6 Å². The highest BCUT2D eigenvalue weighted by molar-refractivity contribution is 5.37. The molecule has 0 bridgehead atoms. The van der Waals surface area contributed by atoms with Crippen LogP contribution in [-0.2, 0) is 4.74 Å². The van der Waals surface area contributed by atoms with Gasteiger partial charge in [0, 0.05) is 13.0 Å². The predicted octanol–water partition coefficient (Wildman–Crippen LogP) is 2.34. The van der Waals surface area contributed by atoms with Crippen molar-refractivity contribution in [3.8, 4) is 11.5 Å². The van der Waals surface area contributed by atoms with Crippen molar-refractivity contribution in [3.63, 3.8) is 0 Å². The molecule has 1 aliphatic heterocycles. The van der Waals surface area contributed by atoms with Crippen molar-refractivity contribution in [1.82, 2.24) is 0 Å². The minimum absolute atomic E-state index is 0.199. The van der Waals surface area contributed by atoms with Crippen molar-refractivity contribution >= 4 is 0 Å². The Labute approximate surface area is 89.6 Å². The molecule has 1 atom stereocenters. The first-order chi connectivity index (χ1) is 7.36. The van der Waals surface area contributed by atoms with Crippen LogP contribution in [0, 0.1) is 0 Å². The first-order valence-electron chi connectivity index (χ1n) is 5.38. The third-order valence-electron chi connectivity index (χ3n) is 2.59. The summed E-state index contributed by atoms with van der Waals surface area (Å²) in [5.74, 6) is 0.750. The molecule has 3 nitrogen and oxygen atoms in total. The molecule has 1 aliphatic rings. The zero-order chi connectivity index (χ0) is 10.5. The highest BCUT2D eigenvalue weighted by atomic mass is 16.5. The van der Waals surface area contributed by atoms with E-state index in [1.54, 1.807) is 18.2 Å².